The lowest BCUT2D eigenvalue weighted by Gasteiger charge is -2.60. The van der Waals surface area contributed by atoms with Gasteiger partial charge in [0.15, 0.2) is 5.78 Å². The van der Waals surface area contributed by atoms with Crippen molar-refractivity contribution >= 4 is 30.6 Å². The number of aromatic hydroxyl groups is 2. The second kappa shape index (κ2) is 10.7. The van der Waals surface area contributed by atoms with E-state index in [9.17, 15) is 15.0 Å². The average Bonchev–Trinajstić information content (AvgIpc) is 2.61. The maximum atomic E-state index is 13.8. The molecule has 3 rings (SSSR count). The molecule has 2 aliphatic rings. The Morgan fingerprint density at radius 1 is 1.13 bits per heavy atom. The molecule has 31 heavy (non-hydrogen) atoms. The average molecular weight is 476 g/mol. The molecule has 5 atom stereocenters. The number of benzene rings is 1. The van der Waals surface area contributed by atoms with Gasteiger partial charge in [-0.1, -0.05) is 34.1 Å². The summed E-state index contributed by atoms with van der Waals surface area (Å²) >= 11 is 0. The van der Waals surface area contributed by atoms with Crippen LogP contribution < -0.4 is 11.1 Å². The summed E-state index contributed by atoms with van der Waals surface area (Å²) in [6.07, 6.45) is 5.36. The van der Waals surface area contributed by atoms with Gasteiger partial charge in [0.05, 0.1) is 0 Å². The Morgan fingerprint density at radius 3 is 2.32 bits per heavy atom. The quantitative estimate of drug-likeness (QED) is 0.346. The van der Waals surface area contributed by atoms with E-state index in [1.807, 2.05) is 0 Å². The van der Waals surface area contributed by atoms with Gasteiger partial charge in [-0.15, -0.1) is 24.8 Å². The number of nitrogens with one attached hydrogen (secondary N) is 1. The molecule has 0 heterocycles. The van der Waals surface area contributed by atoms with E-state index in [0.717, 1.165) is 32.2 Å². The molecule has 0 aliphatic heterocycles. The van der Waals surface area contributed by atoms with E-state index >= 15 is 0 Å². The highest BCUT2D eigenvalue weighted by Gasteiger charge is 2.58. The number of ketones is 1. The molecule has 7 heteroatoms. The number of halogens is 2. The topological polar surface area (TPSA) is 95.6 Å². The minimum absolute atomic E-state index is 0. The molecule has 178 valence electrons. The zero-order valence-electron chi connectivity index (χ0n) is 19.2. The molecule has 2 aliphatic carbocycles. The van der Waals surface area contributed by atoms with Crippen molar-refractivity contribution in [1.82, 2.24) is 5.32 Å². The third-order valence-electron chi connectivity index (χ3n) is 7.89. The van der Waals surface area contributed by atoms with Crippen molar-refractivity contribution in [3.05, 3.63) is 23.8 Å². The zero-order valence-corrected chi connectivity index (χ0v) is 20.8. The van der Waals surface area contributed by atoms with Gasteiger partial charge in [-0.05, 0) is 73.6 Å². The number of nitrogens with two attached hydrogens (primary N) is 1. The van der Waals surface area contributed by atoms with Crippen molar-refractivity contribution in [1.29, 1.82) is 0 Å². The van der Waals surface area contributed by atoms with Gasteiger partial charge < -0.3 is 21.3 Å². The number of Topliss-reactive ketones (excluding diaryl/α,β-unsaturated/α-hetero) is 1. The minimum Gasteiger partial charge on any atom is -0.508 e. The van der Waals surface area contributed by atoms with E-state index in [1.54, 1.807) is 0 Å². The van der Waals surface area contributed by atoms with E-state index < -0.39 is 0 Å². The maximum Gasteiger partial charge on any atom is 0.167 e. The van der Waals surface area contributed by atoms with Crippen LogP contribution in [0.15, 0.2) is 18.2 Å². The van der Waals surface area contributed by atoms with Crippen LogP contribution >= 0.6 is 24.8 Å². The molecule has 0 amide bonds. The molecule has 0 bridgehead atoms. The van der Waals surface area contributed by atoms with Gasteiger partial charge in [0.25, 0.3) is 0 Å². The monoisotopic (exact) mass is 474 g/mol. The Morgan fingerprint density at radius 2 is 1.74 bits per heavy atom. The minimum atomic E-state index is -0.155. The second-order valence-corrected chi connectivity index (χ2v) is 10.3. The molecule has 1 aromatic rings. The normalized spacial score (nSPS) is 31.6. The maximum absolute atomic E-state index is 13.8. The predicted octanol–water partition coefficient (Wildman–Crippen LogP) is 4.92. The lowest BCUT2D eigenvalue weighted by Crippen LogP contribution is -2.60. The Kier molecular flexibility index (Phi) is 9.71. The molecule has 1 aromatic carbocycles. The number of fused-ring (bicyclic) bond motifs is 1. The fourth-order valence-corrected chi connectivity index (χ4v) is 6.54. The largest absolute Gasteiger partial charge is 0.508 e. The molecule has 0 saturated heterocycles. The molecule has 5 N–H and O–H groups in total. The van der Waals surface area contributed by atoms with E-state index in [0.29, 0.717) is 18.0 Å². The van der Waals surface area contributed by atoms with Crippen molar-refractivity contribution in [3.8, 4) is 11.5 Å². The van der Waals surface area contributed by atoms with Gasteiger partial charge in [-0.25, -0.2) is 0 Å². The number of rotatable bonds is 6. The summed E-state index contributed by atoms with van der Waals surface area (Å²) in [6.45, 7) is 10.7. The molecule has 0 aromatic heterocycles. The van der Waals surface area contributed by atoms with E-state index in [1.165, 1.54) is 24.6 Å². The van der Waals surface area contributed by atoms with Crippen LogP contribution in [0.4, 0.5) is 0 Å². The smallest absolute Gasteiger partial charge is 0.167 e. The van der Waals surface area contributed by atoms with Crippen LogP contribution in [0, 0.1) is 28.6 Å². The number of hydrogen-bond acceptors (Lipinski definition) is 5. The van der Waals surface area contributed by atoms with Crippen molar-refractivity contribution in [2.24, 2.45) is 34.3 Å². The lowest BCUT2D eigenvalue weighted by molar-refractivity contribution is -0.0914. The predicted molar refractivity (Wildman–Crippen MR) is 131 cm³/mol. The summed E-state index contributed by atoms with van der Waals surface area (Å²) in [5.74, 6) is 0.354. The SMILES string of the molecule is C[C@@H]1[C@H](NCCCN)C[C@H]2C(C)(C)CCC[C@@]2(C)[C@H]1C(=O)c1cc(O)cc(O)c1.Cl.Cl. The van der Waals surface area contributed by atoms with Crippen LogP contribution in [0.1, 0.15) is 70.2 Å². The first kappa shape index (κ1) is 28.0. The zero-order chi connectivity index (χ0) is 21.4. The Balaban J connectivity index is 0.00000240. The van der Waals surface area contributed by atoms with Crippen LogP contribution in [0.3, 0.4) is 0 Å². The number of hydrogen-bond donors (Lipinski definition) is 4. The highest BCUT2D eigenvalue weighted by atomic mass is 35.5. The van der Waals surface area contributed by atoms with Crippen molar-refractivity contribution < 1.29 is 15.0 Å². The summed E-state index contributed by atoms with van der Waals surface area (Å²) in [5.41, 5.74) is 6.18. The first-order chi connectivity index (χ1) is 13.6. The number of phenolic OH excluding ortho intramolecular Hbond substituents is 2. The summed E-state index contributed by atoms with van der Waals surface area (Å²) in [4.78, 5) is 13.8. The van der Waals surface area contributed by atoms with Crippen LogP contribution in [0.2, 0.25) is 0 Å². The van der Waals surface area contributed by atoms with Crippen molar-refractivity contribution in [3.63, 3.8) is 0 Å². The molecular formula is C24H40Cl2N2O3. The lowest BCUT2D eigenvalue weighted by atomic mass is 9.45. The van der Waals surface area contributed by atoms with Gasteiger partial charge in [0.1, 0.15) is 11.5 Å². The molecule has 2 fully saturated rings. The molecule has 0 unspecified atom stereocenters. The molecule has 2 saturated carbocycles. The first-order valence-electron chi connectivity index (χ1n) is 11.1. The fourth-order valence-electron chi connectivity index (χ4n) is 6.54. The highest BCUT2D eigenvalue weighted by Crippen LogP contribution is 2.61. The molecular weight excluding hydrogens is 435 g/mol. The summed E-state index contributed by atoms with van der Waals surface area (Å²) < 4.78 is 0. The van der Waals surface area contributed by atoms with Crippen LogP contribution in [0.5, 0.6) is 11.5 Å². The molecule has 5 nitrogen and oxygen atoms in total. The fraction of sp³-hybridized carbons (Fsp3) is 0.708. The molecule has 0 radical (unpaired) electrons. The first-order valence-corrected chi connectivity index (χ1v) is 11.1. The van der Waals surface area contributed by atoms with Crippen LogP contribution in [0.25, 0.3) is 0 Å². The van der Waals surface area contributed by atoms with Crippen LogP contribution in [-0.4, -0.2) is 35.1 Å². The van der Waals surface area contributed by atoms with Gasteiger partial charge >= 0.3 is 0 Å². The standard InChI is InChI=1S/C24H38N2O3.2ClH/c1-15-19(26-10-6-9-25)14-20-23(2,3)7-5-8-24(20,4)21(15)22(29)16-11-17(27)13-18(28)12-16;;/h11-13,15,19-21,26-28H,5-10,14,25H2,1-4H3;2*1H/t15-,19-,20+,21-,24-;;/m1../s1. The number of carbonyl (C=O) groups excluding carboxylic acids is 1. The van der Waals surface area contributed by atoms with E-state index in [-0.39, 0.29) is 70.8 Å². The van der Waals surface area contributed by atoms with Crippen LogP contribution in [-0.2, 0) is 0 Å². The summed E-state index contributed by atoms with van der Waals surface area (Å²) in [5, 5.41) is 23.6. The Bertz CT molecular complexity index is 738. The Hall–Kier alpha value is -1.01. The van der Waals surface area contributed by atoms with Gasteiger partial charge in [-0.3, -0.25) is 4.79 Å². The molecule has 0 spiro atoms. The van der Waals surface area contributed by atoms with Crippen molar-refractivity contribution in [2.45, 2.75) is 65.8 Å². The summed E-state index contributed by atoms with van der Waals surface area (Å²) in [7, 11) is 0. The van der Waals surface area contributed by atoms with Gasteiger partial charge in [-0.2, -0.15) is 0 Å². The van der Waals surface area contributed by atoms with E-state index in [4.69, 9.17) is 5.73 Å². The van der Waals surface area contributed by atoms with Gasteiger partial charge in [0, 0.05) is 23.6 Å². The van der Waals surface area contributed by atoms with Gasteiger partial charge in [0.2, 0.25) is 0 Å². The summed E-state index contributed by atoms with van der Waals surface area (Å²) in [6, 6.07) is 4.52. The van der Waals surface area contributed by atoms with E-state index in [2.05, 4.69) is 33.0 Å². The number of carbonyl (C=O) groups is 1. The Labute approximate surface area is 199 Å². The van der Waals surface area contributed by atoms with Crippen molar-refractivity contribution in [2.75, 3.05) is 13.1 Å². The highest BCUT2D eigenvalue weighted by molar-refractivity contribution is 5.99. The number of phenols is 2. The third kappa shape index (κ3) is 5.50. The second-order valence-electron chi connectivity index (χ2n) is 10.3. The third-order valence-corrected chi connectivity index (χ3v) is 7.89.